The molecule has 0 unspecified atom stereocenters. The van der Waals surface area contributed by atoms with Crippen molar-refractivity contribution in [3.63, 3.8) is 0 Å². The first-order valence-corrected chi connectivity index (χ1v) is 13.3. The van der Waals surface area contributed by atoms with Crippen molar-refractivity contribution in [2.45, 2.75) is 24.5 Å². The van der Waals surface area contributed by atoms with Crippen LogP contribution < -0.4 is 10.0 Å². The Morgan fingerprint density at radius 3 is 1.95 bits per heavy atom. The molecule has 1 aromatic heterocycles. The van der Waals surface area contributed by atoms with Gasteiger partial charge >= 0.3 is 0 Å². The molecule has 188 valence electrons. The molecule has 7 nitrogen and oxygen atoms in total. The molecular formula is C29H27N3O4S. The number of hydrogen-bond donors (Lipinski definition) is 2. The minimum atomic E-state index is -4.02. The molecule has 0 aliphatic rings. The first kappa shape index (κ1) is 24.5. The predicted octanol–water partition coefficient (Wildman–Crippen LogP) is 4.46. The third-order valence-electron chi connectivity index (χ3n) is 6.50. The zero-order valence-electron chi connectivity index (χ0n) is 20.3. The van der Waals surface area contributed by atoms with Crippen molar-refractivity contribution in [3.8, 4) is 0 Å². The minimum Gasteiger partial charge on any atom is -0.389 e. The van der Waals surface area contributed by atoms with Crippen LogP contribution in [0.2, 0.25) is 0 Å². The van der Waals surface area contributed by atoms with Crippen LogP contribution in [0.5, 0.6) is 0 Å². The van der Waals surface area contributed by atoms with Gasteiger partial charge in [0.25, 0.3) is 10.0 Å². The number of aryl methyl sites for hydroxylation is 1. The highest BCUT2D eigenvalue weighted by atomic mass is 32.2. The SMILES string of the molecule is Cc1ccc(S(=O)(=O)N(C[C@H](O)Cn2c3ccccc3c3ccccc32)c2ccc(C(N)=O)cc2)cc1. The maximum absolute atomic E-state index is 13.7. The van der Waals surface area contributed by atoms with Gasteiger partial charge in [-0.2, -0.15) is 0 Å². The average Bonchev–Trinajstić information content (AvgIpc) is 3.21. The van der Waals surface area contributed by atoms with E-state index in [0.717, 1.165) is 27.4 Å². The number of aliphatic hydroxyl groups is 1. The molecule has 0 spiro atoms. The predicted molar refractivity (Wildman–Crippen MR) is 146 cm³/mol. The van der Waals surface area contributed by atoms with Crippen LogP contribution in [0.3, 0.4) is 0 Å². The second kappa shape index (κ2) is 9.72. The highest BCUT2D eigenvalue weighted by molar-refractivity contribution is 7.92. The number of sulfonamides is 1. The molecule has 1 heterocycles. The molecule has 8 heteroatoms. The van der Waals surface area contributed by atoms with Crippen molar-refractivity contribution >= 4 is 43.4 Å². The number of aliphatic hydroxyl groups excluding tert-OH is 1. The Balaban J connectivity index is 1.53. The van der Waals surface area contributed by atoms with Crippen LogP contribution in [0, 0.1) is 6.92 Å². The number of nitrogens with zero attached hydrogens (tertiary/aromatic N) is 2. The number of aromatic nitrogens is 1. The molecule has 5 aromatic rings. The summed E-state index contributed by atoms with van der Waals surface area (Å²) in [6, 6.07) is 28.5. The zero-order valence-corrected chi connectivity index (χ0v) is 21.1. The van der Waals surface area contributed by atoms with Crippen LogP contribution in [-0.4, -0.2) is 36.6 Å². The molecule has 0 aliphatic carbocycles. The van der Waals surface area contributed by atoms with Gasteiger partial charge in [0.2, 0.25) is 5.91 Å². The largest absolute Gasteiger partial charge is 0.389 e. The van der Waals surface area contributed by atoms with Gasteiger partial charge in [0.15, 0.2) is 0 Å². The van der Waals surface area contributed by atoms with Gasteiger partial charge in [-0.3, -0.25) is 9.10 Å². The number of anilines is 1. The summed E-state index contributed by atoms with van der Waals surface area (Å²) in [5, 5.41) is 13.4. The van der Waals surface area contributed by atoms with Crippen LogP contribution >= 0.6 is 0 Å². The van der Waals surface area contributed by atoms with Gasteiger partial charge in [0.05, 0.1) is 29.8 Å². The Labute approximate surface area is 215 Å². The van der Waals surface area contributed by atoms with Gasteiger partial charge in [0.1, 0.15) is 0 Å². The fraction of sp³-hybridized carbons (Fsp3) is 0.138. The van der Waals surface area contributed by atoms with E-state index in [1.54, 1.807) is 24.3 Å². The third-order valence-corrected chi connectivity index (χ3v) is 8.31. The number of carbonyl (C=O) groups excluding carboxylic acids is 1. The summed E-state index contributed by atoms with van der Waals surface area (Å²) in [5.74, 6) is -0.606. The fourth-order valence-electron chi connectivity index (χ4n) is 4.63. The molecule has 0 saturated heterocycles. The van der Waals surface area contributed by atoms with E-state index in [-0.39, 0.29) is 23.5 Å². The summed E-state index contributed by atoms with van der Waals surface area (Å²) in [6.07, 6.45) is -1.03. The van der Waals surface area contributed by atoms with E-state index in [4.69, 9.17) is 5.73 Å². The lowest BCUT2D eigenvalue weighted by Crippen LogP contribution is -2.39. The number of hydrogen-bond acceptors (Lipinski definition) is 4. The fourth-order valence-corrected chi connectivity index (χ4v) is 6.13. The Hall–Kier alpha value is -4.14. The van der Waals surface area contributed by atoms with Gasteiger partial charge in [-0.05, 0) is 55.5 Å². The molecule has 0 saturated carbocycles. The molecule has 5 rings (SSSR count). The van der Waals surface area contributed by atoms with Crippen molar-refractivity contribution in [3.05, 3.63) is 108 Å². The van der Waals surface area contributed by atoms with Gasteiger partial charge in [-0.25, -0.2) is 8.42 Å². The average molecular weight is 514 g/mol. The standard InChI is InChI=1S/C29H27N3O4S/c1-20-10-16-24(17-11-20)37(35,36)32(22-14-12-21(13-15-22)29(30)34)19-23(33)18-31-27-8-4-2-6-25(27)26-7-3-5-9-28(26)31/h2-17,23,33H,18-19H2,1H3,(H2,30,34)/t23-/m1/s1. The number of para-hydroxylation sites is 2. The summed E-state index contributed by atoms with van der Waals surface area (Å²) in [4.78, 5) is 11.7. The van der Waals surface area contributed by atoms with Crippen molar-refractivity contribution in [2.75, 3.05) is 10.8 Å². The van der Waals surface area contributed by atoms with Crippen LogP contribution in [0.1, 0.15) is 15.9 Å². The number of nitrogens with two attached hydrogens (primary N) is 1. The summed E-state index contributed by atoms with van der Waals surface area (Å²) < 4.78 is 30.7. The summed E-state index contributed by atoms with van der Waals surface area (Å²) in [6.45, 7) is 1.88. The monoisotopic (exact) mass is 513 g/mol. The van der Waals surface area contributed by atoms with Gasteiger partial charge in [0, 0.05) is 27.4 Å². The van der Waals surface area contributed by atoms with E-state index in [1.807, 2.05) is 60.0 Å². The zero-order chi connectivity index (χ0) is 26.2. The topological polar surface area (TPSA) is 106 Å². The Morgan fingerprint density at radius 1 is 0.865 bits per heavy atom. The summed E-state index contributed by atoms with van der Waals surface area (Å²) in [5.41, 5.74) is 8.81. The number of benzene rings is 4. The number of amides is 1. The highest BCUT2D eigenvalue weighted by Crippen LogP contribution is 2.30. The lowest BCUT2D eigenvalue weighted by atomic mass is 10.2. The molecule has 0 aliphatic heterocycles. The number of primary amides is 1. The molecule has 1 atom stereocenters. The number of carbonyl (C=O) groups is 1. The van der Waals surface area contributed by atoms with E-state index in [0.29, 0.717) is 5.69 Å². The lowest BCUT2D eigenvalue weighted by molar-refractivity contribution is 0.1000. The van der Waals surface area contributed by atoms with Crippen molar-refractivity contribution in [2.24, 2.45) is 5.73 Å². The number of rotatable bonds is 8. The molecule has 4 aromatic carbocycles. The molecule has 37 heavy (non-hydrogen) atoms. The minimum absolute atomic E-state index is 0.112. The summed E-state index contributed by atoms with van der Waals surface area (Å²) in [7, 11) is -4.02. The Bertz CT molecular complexity index is 1640. The molecule has 0 radical (unpaired) electrons. The van der Waals surface area contributed by atoms with Crippen LogP contribution in [-0.2, 0) is 16.6 Å². The van der Waals surface area contributed by atoms with Crippen molar-refractivity contribution in [1.29, 1.82) is 0 Å². The smallest absolute Gasteiger partial charge is 0.264 e. The van der Waals surface area contributed by atoms with Crippen LogP contribution in [0.25, 0.3) is 21.8 Å². The van der Waals surface area contributed by atoms with Crippen molar-refractivity contribution in [1.82, 2.24) is 4.57 Å². The Morgan fingerprint density at radius 2 is 1.41 bits per heavy atom. The van der Waals surface area contributed by atoms with E-state index < -0.39 is 22.0 Å². The van der Waals surface area contributed by atoms with E-state index in [1.165, 1.54) is 28.6 Å². The molecule has 0 bridgehead atoms. The first-order chi connectivity index (χ1) is 17.8. The van der Waals surface area contributed by atoms with E-state index in [2.05, 4.69) is 0 Å². The van der Waals surface area contributed by atoms with E-state index in [9.17, 15) is 18.3 Å². The highest BCUT2D eigenvalue weighted by Gasteiger charge is 2.28. The second-order valence-corrected chi connectivity index (χ2v) is 10.9. The maximum Gasteiger partial charge on any atom is 0.264 e. The second-order valence-electron chi connectivity index (χ2n) is 9.06. The molecular weight excluding hydrogens is 486 g/mol. The lowest BCUT2D eigenvalue weighted by Gasteiger charge is -2.27. The number of fused-ring (bicyclic) bond motifs is 3. The Kier molecular flexibility index (Phi) is 6.45. The van der Waals surface area contributed by atoms with Crippen LogP contribution in [0.4, 0.5) is 5.69 Å². The third kappa shape index (κ3) is 4.69. The first-order valence-electron chi connectivity index (χ1n) is 11.9. The molecule has 1 amide bonds. The normalized spacial score (nSPS) is 12.6. The van der Waals surface area contributed by atoms with E-state index >= 15 is 0 Å². The van der Waals surface area contributed by atoms with Crippen molar-refractivity contribution < 1.29 is 18.3 Å². The molecule has 0 fully saturated rings. The van der Waals surface area contributed by atoms with Gasteiger partial charge in [-0.15, -0.1) is 0 Å². The quantitative estimate of drug-likeness (QED) is 0.320. The van der Waals surface area contributed by atoms with Crippen LogP contribution in [0.15, 0.2) is 102 Å². The van der Waals surface area contributed by atoms with Gasteiger partial charge in [-0.1, -0.05) is 54.1 Å². The van der Waals surface area contributed by atoms with Gasteiger partial charge < -0.3 is 15.4 Å². The summed E-state index contributed by atoms with van der Waals surface area (Å²) >= 11 is 0. The maximum atomic E-state index is 13.7. The molecule has 3 N–H and O–H groups in total.